The van der Waals surface area contributed by atoms with Gasteiger partial charge < -0.3 is 24.0 Å². The molecule has 2 aliphatic heterocycles. The molecule has 0 radical (unpaired) electrons. The third-order valence-corrected chi connectivity index (χ3v) is 8.57. The lowest BCUT2D eigenvalue weighted by Gasteiger charge is -2.30. The minimum Gasteiger partial charge on any atom is -0.465 e. The largest absolute Gasteiger partial charge is 0.465 e. The molecule has 4 rings (SSSR count). The highest BCUT2D eigenvalue weighted by atomic mass is 35.5. The van der Waals surface area contributed by atoms with Crippen molar-refractivity contribution in [1.82, 2.24) is 4.90 Å². The summed E-state index contributed by atoms with van der Waals surface area (Å²) in [4.78, 5) is 28.9. The maximum atomic E-state index is 13.4. The maximum Gasteiger partial charge on any atom is 0.337 e. The number of fused-ring (bicyclic) bond motifs is 2. The summed E-state index contributed by atoms with van der Waals surface area (Å²) in [7, 11) is -1.24. The molecular formula is C26H31ClN2O7S. The molecule has 0 aromatic heterocycles. The number of halogens is 1. The highest BCUT2D eigenvalue weighted by Gasteiger charge is 2.32. The Hall–Kier alpha value is -2.66. The van der Waals surface area contributed by atoms with Gasteiger partial charge in [0.1, 0.15) is 23.0 Å². The van der Waals surface area contributed by atoms with Gasteiger partial charge in [0.05, 0.1) is 23.4 Å². The SMILES string of the molecule is COCC(=O)N(CCN1CCCCC1)c1cc(Cl)c2c(c1)CS(=O)(=O)c1cc(C(=O)OC)cc(C)c1O2. The zero-order valence-corrected chi connectivity index (χ0v) is 22.8. The zero-order chi connectivity index (χ0) is 26.7. The summed E-state index contributed by atoms with van der Waals surface area (Å²) in [6.45, 7) is 4.58. The molecule has 0 saturated carbocycles. The molecule has 1 fully saturated rings. The molecular weight excluding hydrogens is 520 g/mol. The Morgan fingerprint density at radius 3 is 2.49 bits per heavy atom. The second-order valence-electron chi connectivity index (χ2n) is 9.27. The van der Waals surface area contributed by atoms with E-state index in [1.54, 1.807) is 24.0 Å². The predicted octanol–water partition coefficient (Wildman–Crippen LogP) is 3.98. The second-order valence-corrected chi connectivity index (χ2v) is 11.6. The van der Waals surface area contributed by atoms with E-state index in [0.717, 1.165) is 25.9 Å². The Labute approximate surface area is 222 Å². The van der Waals surface area contributed by atoms with E-state index < -0.39 is 21.6 Å². The summed E-state index contributed by atoms with van der Waals surface area (Å²) in [6, 6.07) is 6.02. The molecule has 2 aromatic rings. The quantitative estimate of drug-likeness (QED) is 0.477. The monoisotopic (exact) mass is 550 g/mol. The van der Waals surface area contributed by atoms with Gasteiger partial charge in [0.25, 0.3) is 5.91 Å². The summed E-state index contributed by atoms with van der Waals surface area (Å²) in [5.74, 6) is -1.000. The lowest BCUT2D eigenvalue weighted by atomic mass is 10.1. The summed E-state index contributed by atoms with van der Waals surface area (Å²) in [5, 5.41) is 0.181. The van der Waals surface area contributed by atoms with E-state index in [-0.39, 0.29) is 39.5 Å². The van der Waals surface area contributed by atoms with E-state index in [0.29, 0.717) is 29.9 Å². The number of rotatable bonds is 7. The fraction of sp³-hybridized carbons (Fsp3) is 0.462. The molecule has 1 amide bonds. The van der Waals surface area contributed by atoms with E-state index in [9.17, 15) is 18.0 Å². The van der Waals surface area contributed by atoms with Crippen LogP contribution in [0.25, 0.3) is 0 Å². The summed E-state index contributed by atoms with van der Waals surface area (Å²) in [5.41, 5.74) is 1.36. The molecule has 0 bridgehead atoms. The Bertz CT molecular complexity index is 1310. The van der Waals surface area contributed by atoms with Crippen LogP contribution in [0.2, 0.25) is 5.02 Å². The standard InChI is InChI=1S/C26H31ClN2O7S/c1-17-11-18(26(31)35-3)13-22-24(17)36-25-19(16-37(22,32)33)12-20(14-21(25)27)29(23(30)15-34-2)10-9-28-7-5-4-6-8-28/h11-14H,4-10,15-16H2,1-3H3. The number of esters is 1. The van der Waals surface area contributed by atoms with Gasteiger partial charge in [0.15, 0.2) is 9.84 Å². The molecule has 0 aliphatic carbocycles. The molecule has 0 atom stereocenters. The number of piperidine rings is 1. The van der Waals surface area contributed by atoms with Crippen molar-refractivity contribution in [2.45, 2.75) is 36.8 Å². The van der Waals surface area contributed by atoms with Crippen LogP contribution < -0.4 is 9.64 Å². The van der Waals surface area contributed by atoms with Gasteiger partial charge in [-0.1, -0.05) is 18.0 Å². The van der Waals surface area contributed by atoms with Crippen LogP contribution in [0.5, 0.6) is 11.5 Å². The van der Waals surface area contributed by atoms with Crippen molar-refractivity contribution in [3.05, 3.63) is 46.0 Å². The van der Waals surface area contributed by atoms with Crippen molar-refractivity contribution in [1.29, 1.82) is 0 Å². The van der Waals surface area contributed by atoms with Crippen molar-refractivity contribution < 1.29 is 32.2 Å². The summed E-state index contributed by atoms with van der Waals surface area (Å²) in [6.07, 6.45) is 3.47. The number of anilines is 1. The molecule has 0 N–H and O–H groups in total. The lowest BCUT2D eigenvalue weighted by molar-refractivity contribution is -0.122. The van der Waals surface area contributed by atoms with Crippen LogP contribution in [0.15, 0.2) is 29.2 Å². The number of ether oxygens (including phenoxy) is 3. The average Bonchev–Trinajstić information content (AvgIpc) is 2.98. The van der Waals surface area contributed by atoms with Crippen LogP contribution >= 0.6 is 11.6 Å². The fourth-order valence-electron chi connectivity index (χ4n) is 4.76. The number of hydrogen-bond acceptors (Lipinski definition) is 8. The Balaban J connectivity index is 1.72. The first-order valence-electron chi connectivity index (χ1n) is 12.1. The normalized spacial score (nSPS) is 16.6. The number of hydrogen-bond donors (Lipinski definition) is 0. The van der Waals surface area contributed by atoms with Gasteiger partial charge in [0.2, 0.25) is 0 Å². The molecule has 9 nitrogen and oxygen atoms in total. The van der Waals surface area contributed by atoms with Crippen LogP contribution in [-0.2, 0) is 29.9 Å². The van der Waals surface area contributed by atoms with Crippen LogP contribution in [0.3, 0.4) is 0 Å². The number of amides is 1. The third-order valence-electron chi connectivity index (χ3n) is 6.62. The first-order chi connectivity index (χ1) is 17.6. The Kier molecular flexibility index (Phi) is 8.42. The van der Waals surface area contributed by atoms with Crippen LogP contribution in [0.4, 0.5) is 5.69 Å². The highest BCUT2D eigenvalue weighted by molar-refractivity contribution is 7.90. The first-order valence-corrected chi connectivity index (χ1v) is 14.1. The van der Waals surface area contributed by atoms with Crippen LogP contribution in [-0.4, -0.2) is 72.2 Å². The van der Waals surface area contributed by atoms with Crippen molar-refractivity contribution in [3.63, 3.8) is 0 Å². The Morgan fingerprint density at radius 1 is 1.08 bits per heavy atom. The van der Waals surface area contributed by atoms with Crippen molar-refractivity contribution in [2.24, 2.45) is 0 Å². The molecule has 11 heteroatoms. The van der Waals surface area contributed by atoms with Crippen molar-refractivity contribution >= 4 is 39.0 Å². The van der Waals surface area contributed by atoms with E-state index >= 15 is 0 Å². The predicted molar refractivity (Wildman–Crippen MR) is 139 cm³/mol. The van der Waals surface area contributed by atoms with Gasteiger partial charge in [-0.05, 0) is 62.7 Å². The summed E-state index contributed by atoms with van der Waals surface area (Å²) >= 11 is 6.64. The highest BCUT2D eigenvalue weighted by Crippen LogP contribution is 2.45. The van der Waals surface area contributed by atoms with Crippen LogP contribution in [0.1, 0.15) is 40.7 Å². The number of carbonyl (C=O) groups is 2. The minimum atomic E-state index is -3.93. The number of nitrogens with zero attached hydrogens (tertiary/aromatic N) is 2. The molecule has 37 heavy (non-hydrogen) atoms. The summed E-state index contributed by atoms with van der Waals surface area (Å²) < 4.78 is 42.8. The van der Waals surface area contributed by atoms with E-state index in [4.69, 9.17) is 25.8 Å². The van der Waals surface area contributed by atoms with Gasteiger partial charge in [-0.25, -0.2) is 13.2 Å². The zero-order valence-electron chi connectivity index (χ0n) is 21.2. The molecule has 2 aliphatic rings. The maximum absolute atomic E-state index is 13.4. The number of sulfone groups is 1. The smallest absolute Gasteiger partial charge is 0.337 e. The second kappa shape index (κ2) is 11.4. The van der Waals surface area contributed by atoms with Gasteiger partial charge in [-0.3, -0.25) is 4.79 Å². The number of benzene rings is 2. The van der Waals surface area contributed by atoms with Crippen LogP contribution in [0, 0.1) is 6.92 Å². The molecule has 2 aromatic carbocycles. The number of methoxy groups -OCH3 is 2. The lowest BCUT2D eigenvalue weighted by Crippen LogP contribution is -2.42. The number of carbonyl (C=O) groups excluding carboxylic acids is 2. The molecule has 0 spiro atoms. The molecule has 2 heterocycles. The van der Waals surface area contributed by atoms with Gasteiger partial charge in [-0.2, -0.15) is 0 Å². The van der Waals surface area contributed by atoms with Crippen molar-refractivity contribution in [3.8, 4) is 11.5 Å². The van der Waals surface area contributed by atoms with E-state index in [2.05, 4.69) is 4.90 Å². The molecule has 1 saturated heterocycles. The first kappa shape index (κ1) is 27.4. The molecule has 200 valence electrons. The fourth-order valence-corrected chi connectivity index (χ4v) is 6.60. The molecule has 0 unspecified atom stereocenters. The topological polar surface area (TPSA) is 102 Å². The average molecular weight is 551 g/mol. The van der Waals surface area contributed by atoms with Gasteiger partial charge in [0, 0.05) is 31.5 Å². The number of likely N-dealkylation sites (tertiary alicyclic amines) is 1. The minimum absolute atomic E-state index is 0.109. The van der Waals surface area contributed by atoms with Gasteiger partial charge >= 0.3 is 5.97 Å². The van der Waals surface area contributed by atoms with Gasteiger partial charge in [-0.15, -0.1) is 0 Å². The van der Waals surface area contributed by atoms with E-state index in [1.165, 1.54) is 32.8 Å². The number of aryl methyl sites for hydroxylation is 1. The van der Waals surface area contributed by atoms with E-state index in [1.807, 2.05) is 0 Å². The third kappa shape index (κ3) is 5.93. The Morgan fingerprint density at radius 2 is 1.81 bits per heavy atom. The van der Waals surface area contributed by atoms with Crippen molar-refractivity contribution in [2.75, 3.05) is 51.9 Å².